The van der Waals surface area contributed by atoms with Gasteiger partial charge in [-0.15, -0.1) is 0 Å². The van der Waals surface area contributed by atoms with Crippen LogP contribution in [0.2, 0.25) is 0 Å². The van der Waals surface area contributed by atoms with E-state index >= 15 is 0 Å². The molecular weight excluding hydrogens is 212 g/mol. The van der Waals surface area contributed by atoms with Gasteiger partial charge in [0, 0.05) is 25.5 Å². The fourth-order valence-corrected chi connectivity index (χ4v) is 2.10. The van der Waals surface area contributed by atoms with E-state index in [1.165, 1.54) is 11.1 Å². The van der Waals surface area contributed by atoms with Crippen molar-refractivity contribution in [2.24, 2.45) is 5.92 Å². The Hall–Kier alpha value is -0.930. The minimum absolute atomic E-state index is 0.506. The summed E-state index contributed by atoms with van der Waals surface area (Å²) in [4.78, 5) is 4.11. The number of hydrogen-bond donors (Lipinski definition) is 2. The molecule has 2 N–H and O–H groups in total. The third-order valence-electron chi connectivity index (χ3n) is 2.82. The van der Waals surface area contributed by atoms with Crippen LogP contribution in [0.1, 0.15) is 38.3 Å². The second kappa shape index (κ2) is 6.12. The molecule has 1 heterocycles. The summed E-state index contributed by atoms with van der Waals surface area (Å²) >= 11 is 0. The van der Waals surface area contributed by atoms with Crippen LogP contribution >= 0.6 is 0 Å². The Labute approximate surface area is 104 Å². The average Bonchev–Trinajstić information content (AvgIpc) is 2.18. The highest BCUT2D eigenvalue weighted by molar-refractivity contribution is 5.20. The maximum atomic E-state index is 10.2. The van der Waals surface area contributed by atoms with Gasteiger partial charge in [0.2, 0.25) is 0 Å². The van der Waals surface area contributed by atoms with Gasteiger partial charge in [-0.25, -0.2) is 0 Å². The van der Waals surface area contributed by atoms with Crippen LogP contribution in [-0.2, 0) is 6.54 Å². The van der Waals surface area contributed by atoms with Gasteiger partial charge >= 0.3 is 0 Å². The van der Waals surface area contributed by atoms with Crippen molar-refractivity contribution in [2.75, 3.05) is 6.54 Å². The average molecular weight is 236 g/mol. The number of nitrogens with one attached hydrogen (secondary N) is 1. The van der Waals surface area contributed by atoms with Crippen LogP contribution in [0.3, 0.4) is 0 Å². The van der Waals surface area contributed by atoms with Gasteiger partial charge in [0.1, 0.15) is 0 Å². The molecule has 0 amide bonds. The van der Waals surface area contributed by atoms with E-state index in [1.807, 2.05) is 19.2 Å². The summed E-state index contributed by atoms with van der Waals surface area (Å²) in [6.07, 6.45) is 4.49. The number of rotatable bonds is 6. The van der Waals surface area contributed by atoms with E-state index in [-0.39, 0.29) is 0 Å². The molecule has 0 fully saturated rings. The molecule has 3 heteroatoms. The molecule has 1 unspecified atom stereocenters. The van der Waals surface area contributed by atoms with Crippen molar-refractivity contribution in [1.29, 1.82) is 0 Å². The number of aliphatic hydroxyl groups is 1. The number of pyridine rings is 1. The minimum Gasteiger partial charge on any atom is -0.389 e. The third kappa shape index (κ3) is 5.29. The second-order valence-electron chi connectivity index (χ2n) is 5.50. The van der Waals surface area contributed by atoms with Gasteiger partial charge in [0.05, 0.1) is 5.60 Å². The molecule has 1 aromatic rings. The molecule has 17 heavy (non-hydrogen) atoms. The largest absolute Gasteiger partial charge is 0.389 e. The Morgan fingerprint density at radius 3 is 2.76 bits per heavy atom. The predicted octanol–water partition coefficient (Wildman–Crippen LogP) is 2.28. The van der Waals surface area contributed by atoms with Gasteiger partial charge in [-0.1, -0.05) is 13.8 Å². The summed E-state index contributed by atoms with van der Waals surface area (Å²) in [7, 11) is 0. The lowest BCUT2D eigenvalue weighted by molar-refractivity contribution is 0.0383. The molecule has 1 aromatic heterocycles. The Morgan fingerprint density at radius 2 is 2.18 bits per heavy atom. The standard InChI is InChI=1S/C14H24N2O/c1-11(2)7-14(4,17)10-16-9-13-8-15-6-5-12(13)3/h5-6,8,11,16-17H,7,9-10H2,1-4H3. The van der Waals surface area contributed by atoms with Crippen molar-refractivity contribution in [3.8, 4) is 0 Å². The van der Waals surface area contributed by atoms with Crippen LogP contribution in [0.15, 0.2) is 18.5 Å². The first-order valence-corrected chi connectivity index (χ1v) is 6.23. The molecule has 0 radical (unpaired) electrons. The zero-order chi connectivity index (χ0) is 12.9. The molecule has 0 saturated carbocycles. The van der Waals surface area contributed by atoms with Gasteiger partial charge in [-0.2, -0.15) is 0 Å². The summed E-state index contributed by atoms with van der Waals surface area (Å²) in [6.45, 7) is 9.58. The number of hydrogen-bond acceptors (Lipinski definition) is 3. The normalized spacial score (nSPS) is 14.9. The Balaban J connectivity index is 2.40. The van der Waals surface area contributed by atoms with E-state index in [9.17, 15) is 5.11 Å². The van der Waals surface area contributed by atoms with Crippen molar-refractivity contribution in [3.63, 3.8) is 0 Å². The van der Waals surface area contributed by atoms with E-state index in [2.05, 4.69) is 31.1 Å². The summed E-state index contributed by atoms with van der Waals surface area (Å²) in [5.41, 5.74) is 1.79. The lowest BCUT2D eigenvalue weighted by Crippen LogP contribution is -2.38. The lowest BCUT2D eigenvalue weighted by atomic mass is 9.94. The molecule has 0 aliphatic carbocycles. The highest BCUT2D eigenvalue weighted by Gasteiger charge is 2.21. The zero-order valence-corrected chi connectivity index (χ0v) is 11.3. The van der Waals surface area contributed by atoms with Gasteiger partial charge in [0.15, 0.2) is 0 Å². The Bertz CT molecular complexity index is 348. The fraction of sp³-hybridized carbons (Fsp3) is 0.643. The van der Waals surface area contributed by atoms with E-state index < -0.39 is 5.60 Å². The summed E-state index contributed by atoms with van der Waals surface area (Å²) in [5, 5.41) is 13.5. The molecule has 0 saturated heterocycles. The number of nitrogens with zero attached hydrogens (tertiary/aromatic N) is 1. The van der Waals surface area contributed by atoms with Crippen molar-refractivity contribution in [3.05, 3.63) is 29.6 Å². The molecule has 96 valence electrons. The third-order valence-corrected chi connectivity index (χ3v) is 2.82. The van der Waals surface area contributed by atoms with Crippen LogP contribution in [0.5, 0.6) is 0 Å². The maximum absolute atomic E-state index is 10.2. The van der Waals surface area contributed by atoms with Crippen molar-refractivity contribution in [1.82, 2.24) is 10.3 Å². The van der Waals surface area contributed by atoms with E-state index in [1.54, 1.807) is 6.20 Å². The molecule has 0 aromatic carbocycles. The first-order chi connectivity index (χ1) is 7.91. The van der Waals surface area contributed by atoms with E-state index in [4.69, 9.17) is 0 Å². The Kier molecular flexibility index (Phi) is 5.09. The quantitative estimate of drug-likeness (QED) is 0.796. The van der Waals surface area contributed by atoms with Crippen molar-refractivity contribution in [2.45, 2.75) is 46.3 Å². The van der Waals surface area contributed by atoms with Crippen molar-refractivity contribution >= 4 is 0 Å². The first-order valence-electron chi connectivity index (χ1n) is 6.23. The molecule has 0 spiro atoms. The topological polar surface area (TPSA) is 45.2 Å². The maximum Gasteiger partial charge on any atom is 0.0746 e. The smallest absolute Gasteiger partial charge is 0.0746 e. The molecule has 1 rings (SSSR count). The van der Waals surface area contributed by atoms with Gasteiger partial charge in [-0.05, 0) is 43.4 Å². The molecule has 0 aliphatic rings. The van der Waals surface area contributed by atoms with Gasteiger partial charge in [-0.3, -0.25) is 4.98 Å². The fourth-order valence-electron chi connectivity index (χ4n) is 2.10. The zero-order valence-electron chi connectivity index (χ0n) is 11.3. The number of aryl methyl sites for hydroxylation is 1. The van der Waals surface area contributed by atoms with Gasteiger partial charge in [0.25, 0.3) is 0 Å². The van der Waals surface area contributed by atoms with E-state index in [0.717, 1.165) is 13.0 Å². The van der Waals surface area contributed by atoms with Crippen LogP contribution in [0.25, 0.3) is 0 Å². The predicted molar refractivity (Wildman–Crippen MR) is 70.8 cm³/mol. The second-order valence-corrected chi connectivity index (χ2v) is 5.50. The van der Waals surface area contributed by atoms with Crippen LogP contribution in [0, 0.1) is 12.8 Å². The highest BCUT2D eigenvalue weighted by atomic mass is 16.3. The highest BCUT2D eigenvalue weighted by Crippen LogP contribution is 2.15. The molecule has 3 nitrogen and oxygen atoms in total. The lowest BCUT2D eigenvalue weighted by Gasteiger charge is -2.25. The van der Waals surface area contributed by atoms with Crippen LogP contribution in [0.4, 0.5) is 0 Å². The number of aromatic nitrogens is 1. The monoisotopic (exact) mass is 236 g/mol. The Morgan fingerprint density at radius 1 is 1.47 bits per heavy atom. The SMILES string of the molecule is Cc1ccncc1CNCC(C)(O)CC(C)C. The van der Waals surface area contributed by atoms with Crippen LogP contribution in [-0.4, -0.2) is 22.2 Å². The summed E-state index contributed by atoms with van der Waals surface area (Å²) < 4.78 is 0. The minimum atomic E-state index is -0.635. The molecule has 0 bridgehead atoms. The van der Waals surface area contributed by atoms with Crippen LogP contribution < -0.4 is 5.32 Å². The summed E-state index contributed by atoms with van der Waals surface area (Å²) in [5.74, 6) is 0.506. The first kappa shape index (κ1) is 14.1. The molecule has 1 atom stereocenters. The van der Waals surface area contributed by atoms with E-state index in [0.29, 0.717) is 12.5 Å². The molecule has 0 aliphatic heterocycles. The van der Waals surface area contributed by atoms with Gasteiger partial charge < -0.3 is 10.4 Å². The van der Waals surface area contributed by atoms with Crippen molar-refractivity contribution < 1.29 is 5.11 Å². The molecular formula is C14H24N2O. The summed E-state index contributed by atoms with van der Waals surface area (Å²) in [6, 6.07) is 2.00.